The van der Waals surface area contributed by atoms with Crippen LogP contribution in [0.2, 0.25) is 0 Å². The first-order valence-corrected chi connectivity index (χ1v) is 8.47. The van der Waals surface area contributed by atoms with Crippen molar-refractivity contribution in [1.29, 1.82) is 0 Å². The lowest BCUT2D eigenvalue weighted by Gasteiger charge is -2.04. The van der Waals surface area contributed by atoms with Crippen molar-refractivity contribution in [3.8, 4) is 0 Å². The van der Waals surface area contributed by atoms with Crippen LogP contribution in [0.15, 0.2) is 28.2 Å². The predicted molar refractivity (Wildman–Crippen MR) is 91.3 cm³/mol. The summed E-state index contributed by atoms with van der Waals surface area (Å²) in [5.41, 5.74) is 2.23. The Kier molecular flexibility index (Phi) is 4.26. The summed E-state index contributed by atoms with van der Waals surface area (Å²) in [6.45, 7) is 2.52. The van der Waals surface area contributed by atoms with Crippen molar-refractivity contribution in [2.24, 2.45) is 7.05 Å². The van der Waals surface area contributed by atoms with Crippen LogP contribution in [0.3, 0.4) is 0 Å². The zero-order valence-corrected chi connectivity index (χ0v) is 14.7. The highest BCUT2D eigenvalue weighted by molar-refractivity contribution is 9.11. The van der Waals surface area contributed by atoms with Crippen molar-refractivity contribution in [2.75, 3.05) is 6.54 Å². The molecule has 3 heterocycles. The molecule has 22 heavy (non-hydrogen) atoms. The molecule has 3 rings (SSSR count). The van der Waals surface area contributed by atoms with Crippen LogP contribution in [0, 0.1) is 6.92 Å². The van der Waals surface area contributed by atoms with E-state index in [1.54, 1.807) is 22.2 Å². The molecule has 1 N–H and O–H groups in total. The van der Waals surface area contributed by atoms with Crippen molar-refractivity contribution in [3.63, 3.8) is 0 Å². The average Bonchev–Trinajstić information content (AvgIpc) is 3.03. The van der Waals surface area contributed by atoms with E-state index < -0.39 is 0 Å². The molecule has 7 heteroatoms. The Bertz CT molecular complexity index is 839. The van der Waals surface area contributed by atoms with Gasteiger partial charge in [-0.1, -0.05) is 0 Å². The minimum atomic E-state index is -0.103. The largest absolute Gasteiger partial charge is 0.352 e. The number of hydrogen-bond donors (Lipinski definition) is 1. The van der Waals surface area contributed by atoms with Crippen LogP contribution in [-0.4, -0.2) is 27.2 Å². The molecule has 0 aliphatic rings. The average molecular weight is 379 g/mol. The van der Waals surface area contributed by atoms with Crippen LogP contribution in [0.4, 0.5) is 0 Å². The highest BCUT2D eigenvalue weighted by Crippen LogP contribution is 2.22. The van der Waals surface area contributed by atoms with Gasteiger partial charge >= 0.3 is 0 Å². The number of rotatable bonds is 4. The van der Waals surface area contributed by atoms with E-state index in [0.29, 0.717) is 12.1 Å². The van der Waals surface area contributed by atoms with E-state index in [0.717, 1.165) is 26.9 Å². The number of carbonyl (C=O) groups excluding carboxylic acids is 1. The zero-order valence-electron chi connectivity index (χ0n) is 12.3. The van der Waals surface area contributed by atoms with E-state index >= 15 is 0 Å². The fourth-order valence-electron chi connectivity index (χ4n) is 2.32. The number of aromatic nitrogens is 3. The van der Waals surface area contributed by atoms with Crippen LogP contribution in [0.1, 0.15) is 20.9 Å². The summed E-state index contributed by atoms with van der Waals surface area (Å²) >= 11 is 5.12. The number of thiophene rings is 1. The monoisotopic (exact) mass is 378 g/mol. The van der Waals surface area contributed by atoms with Gasteiger partial charge in [0.25, 0.3) is 5.91 Å². The van der Waals surface area contributed by atoms with Gasteiger partial charge < -0.3 is 5.32 Å². The first kappa shape index (κ1) is 15.2. The minimum Gasteiger partial charge on any atom is -0.352 e. The topological polar surface area (TPSA) is 59.8 Å². The summed E-state index contributed by atoms with van der Waals surface area (Å²) in [5, 5.41) is 8.16. The third-order valence-corrected chi connectivity index (χ3v) is 5.09. The van der Waals surface area contributed by atoms with Crippen molar-refractivity contribution in [2.45, 2.75) is 13.3 Å². The number of pyridine rings is 1. The SMILES string of the molecule is Cc1nn(C)c2ncc(C(=O)NCCc3ccc(Br)s3)cc12. The molecule has 1 amide bonds. The van der Waals surface area contributed by atoms with E-state index in [2.05, 4.69) is 37.4 Å². The number of halogens is 1. The fourth-order valence-corrected chi connectivity index (χ4v) is 3.80. The Labute approximate surface area is 140 Å². The van der Waals surface area contributed by atoms with E-state index in [1.807, 2.05) is 26.1 Å². The number of hydrogen-bond acceptors (Lipinski definition) is 4. The normalized spacial score (nSPS) is 11.0. The Morgan fingerprint density at radius 3 is 3.00 bits per heavy atom. The van der Waals surface area contributed by atoms with Gasteiger partial charge in [-0.2, -0.15) is 5.10 Å². The molecule has 0 radical (unpaired) electrons. The Morgan fingerprint density at radius 2 is 2.27 bits per heavy atom. The molecule has 0 aliphatic carbocycles. The number of carbonyl (C=O) groups is 1. The lowest BCUT2D eigenvalue weighted by molar-refractivity contribution is 0.0954. The first-order valence-electron chi connectivity index (χ1n) is 6.86. The summed E-state index contributed by atoms with van der Waals surface area (Å²) in [5.74, 6) is -0.103. The van der Waals surface area contributed by atoms with Gasteiger partial charge in [0, 0.05) is 30.1 Å². The Hall–Kier alpha value is -1.73. The third-order valence-electron chi connectivity index (χ3n) is 3.41. The lowest BCUT2D eigenvalue weighted by Crippen LogP contribution is -2.25. The van der Waals surface area contributed by atoms with E-state index in [4.69, 9.17) is 0 Å². The van der Waals surface area contributed by atoms with Gasteiger partial charge in [0.05, 0.1) is 15.0 Å². The quantitative estimate of drug-likeness (QED) is 0.758. The minimum absolute atomic E-state index is 0.103. The van der Waals surface area contributed by atoms with Crippen LogP contribution < -0.4 is 5.32 Å². The molecule has 3 aromatic heterocycles. The summed E-state index contributed by atoms with van der Waals surface area (Å²) in [6, 6.07) is 5.93. The highest BCUT2D eigenvalue weighted by Gasteiger charge is 2.11. The molecular weight excluding hydrogens is 364 g/mol. The van der Waals surface area contributed by atoms with Crippen molar-refractivity contribution < 1.29 is 4.79 Å². The van der Waals surface area contributed by atoms with Crippen molar-refractivity contribution in [1.82, 2.24) is 20.1 Å². The maximum Gasteiger partial charge on any atom is 0.252 e. The summed E-state index contributed by atoms with van der Waals surface area (Å²) in [7, 11) is 1.85. The van der Waals surface area contributed by atoms with Crippen molar-refractivity contribution >= 4 is 44.2 Å². The van der Waals surface area contributed by atoms with Gasteiger partial charge in [-0.15, -0.1) is 11.3 Å². The second-order valence-corrected chi connectivity index (χ2v) is 7.56. The summed E-state index contributed by atoms with van der Waals surface area (Å²) < 4.78 is 2.83. The molecule has 0 saturated heterocycles. The molecule has 5 nitrogen and oxygen atoms in total. The van der Waals surface area contributed by atoms with E-state index in [9.17, 15) is 4.79 Å². The number of nitrogens with zero attached hydrogens (tertiary/aromatic N) is 3. The summed E-state index contributed by atoms with van der Waals surface area (Å²) in [4.78, 5) is 17.8. The van der Waals surface area contributed by atoms with Gasteiger partial charge in [0.15, 0.2) is 5.65 Å². The molecule has 3 aromatic rings. The van der Waals surface area contributed by atoms with Crippen molar-refractivity contribution in [3.05, 3.63) is 44.3 Å². The molecule has 114 valence electrons. The number of nitrogens with one attached hydrogen (secondary N) is 1. The van der Waals surface area contributed by atoms with Gasteiger partial charge in [-0.25, -0.2) is 4.98 Å². The molecule has 0 fully saturated rings. The van der Waals surface area contributed by atoms with Crippen LogP contribution in [-0.2, 0) is 13.5 Å². The van der Waals surface area contributed by atoms with E-state index in [1.165, 1.54) is 4.88 Å². The molecule has 0 atom stereocenters. The standard InChI is InChI=1S/C15H15BrN4OS/c1-9-12-7-10(8-18-14(12)20(2)19-9)15(21)17-6-5-11-3-4-13(16)22-11/h3-4,7-8H,5-6H2,1-2H3,(H,17,21). The second kappa shape index (κ2) is 6.18. The number of aryl methyl sites for hydroxylation is 2. The molecular formula is C15H15BrN4OS. The van der Waals surface area contributed by atoms with Gasteiger partial charge in [0.1, 0.15) is 0 Å². The molecule has 0 saturated carbocycles. The highest BCUT2D eigenvalue weighted by atomic mass is 79.9. The van der Waals surface area contributed by atoms with Gasteiger partial charge in [-0.3, -0.25) is 9.48 Å². The molecule has 0 aromatic carbocycles. The fraction of sp³-hybridized carbons (Fsp3) is 0.267. The van der Waals surface area contributed by atoms with Crippen LogP contribution in [0.25, 0.3) is 11.0 Å². The van der Waals surface area contributed by atoms with E-state index in [-0.39, 0.29) is 5.91 Å². The molecule has 0 aliphatic heterocycles. The van der Waals surface area contributed by atoms with Gasteiger partial charge in [-0.05, 0) is 47.5 Å². The maximum absolute atomic E-state index is 12.2. The first-order chi connectivity index (χ1) is 10.5. The lowest BCUT2D eigenvalue weighted by atomic mass is 10.2. The van der Waals surface area contributed by atoms with Crippen LogP contribution >= 0.6 is 27.3 Å². The number of amides is 1. The Morgan fingerprint density at radius 1 is 1.45 bits per heavy atom. The third kappa shape index (κ3) is 3.05. The Balaban J connectivity index is 1.68. The smallest absolute Gasteiger partial charge is 0.252 e. The van der Waals surface area contributed by atoms with Gasteiger partial charge in [0.2, 0.25) is 0 Å². The molecule has 0 unspecified atom stereocenters. The summed E-state index contributed by atoms with van der Waals surface area (Å²) in [6.07, 6.45) is 2.42. The zero-order chi connectivity index (χ0) is 15.7. The number of fused-ring (bicyclic) bond motifs is 1. The van der Waals surface area contributed by atoms with Crippen LogP contribution in [0.5, 0.6) is 0 Å². The predicted octanol–water partition coefficient (Wildman–Crippen LogP) is 3.07. The maximum atomic E-state index is 12.2. The second-order valence-electron chi connectivity index (χ2n) is 5.02. The molecule has 0 bridgehead atoms. The molecule has 0 spiro atoms.